The number of urea groups is 1. The van der Waals surface area contributed by atoms with Crippen molar-refractivity contribution in [3.05, 3.63) is 69.6 Å². The molecule has 0 aliphatic heterocycles. The molecule has 0 saturated heterocycles. The average molecular weight is 1610 g/mol. The predicted molar refractivity (Wildman–Crippen MR) is 438 cm³/mol. The number of Topliss-reactive ketones (excluding diaryl/α,β-unsaturated/α-hetero) is 6. The van der Waals surface area contributed by atoms with Crippen molar-refractivity contribution in [2.24, 2.45) is 152 Å². The Morgan fingerprint density at radius 3 is 0.914 bits per heavy atom. The van der Waals surface area contributed by atoms with Crippen LogP contribution in [0.25, 0.3) is 14.5 Å². The van der Waals surface area contributed by atoms with Gasteiger partial charge in [0.1, 0.15) is 17.3 Å². The molecule has 4 N–H and O–H groups in total. The first-order chi connectivity index (χ1) is 53.2. The Morgan fingerprint density at radius 2 is 0.655 bits per heavy atom. The molecule has 0 aromatic carbocycles. The van der Waals surface area contributed by atoms with Gasteiger partial charge in [-0.1, -0.05) is 164 Å². The zero-order valence-electron chi connectivity index (χ0n) is 74.2. The molecular weight excluding hydrogens is 1470 g/mol. The van der Waals surface area contributed by atoms with Crippen molar-refractivity contribution in [1.82, 2.24) is 21.3 Å². The fourth-order valence-electron chi connectivity index (χ4n) is 32.3. The number of amides is 4. The monoisotopic (exact) mass is 1600 g/mol. The number of rotatable bonds is 3. The molecule has 12 saturated carbocycles. The number of alkyl carbamates (subject to hydrolysis) is 1. The van der Waals surface area contributed by atoms with Gasteiger partial charge in [-0.25, -0.2) is 24.1 Å². The van der Waals surface area contributed by atoms with E-state index in [0.29, 0.717) is 56.5 Å². The van der Waals surface area contributed by atoms with Gasteiger partial charge in [0.25, 0.3) is 0 Å². The second kappa shape index (κ2) is 27.3. The summed E-state index contributed by atoms with van der Waals surface area (Å²) in [6.07, 6.45) is 18.9. The number of methoxy groups -OCH3 is 1. The number of ketones is 6. The molecule has 0 spiro atoms. The third kappa shape index (κ3) is 12.3. The van der Waals surface area contributed by atoms with Crippen LogP contribution in [0.3, 0.4) is 0 Å². The molecule has 0 heterocycles. The number of allylic oxidation sites excluding steroid dienone is 6. The Balaban J connectivity index is 0.000000151. The number of nitrogens with one attached hydrogen (secondary N) is 4. The Labute approximate surface area is 689 Å². The summed E-state index contributed by atoms with van der Waals surface area (Å²) in [5, 5.41) is 11.9. The lowest BCUT2D eigenvalue weighted by molar-refractivity contribution is -0.218. The van der Waals surface area contributed by atoms with Crippen LogP contribution in [-0.2, 0) is 38.3 Å². The van der Waals surface area contributed by atoms with Crippen LogP contribution in [0.2, 0.25) is 0 Å². The molecule has 20 heteroatoms. The average Bonchev–Trinajstić information content (AvgIpc) is 0.679. The quantitative estimate of drug-likeness (QED) is 0.196. The van der Waals surface area contributed by atoms with E-state index in [1.165, 1.54) is 7.11 Å². The predicted octanol–water partition coefficient (Wildman–Crippen LogP) is 20.1. The van der Waals surface area contributed by atoms with Gasteiger partial charge >= 0.3 is 24.2 Å². The second-order valence-electron chi connectivity index (χ2n) is 46.7. The standard InChI is InChI=1S/C32H43F3N2O3.C32H47N3O3.C32H46N2O4/c1-26(2)11-13-31(37-25(40)32(33,34)35)14-12-30(7)23(18(31)16-26)20(38)15-22-28(5)17-19(36-8)24(39)27(3,4)21(28)9-10-29(22,30)6;1-27(2)12-14-32(35-26(38)34-9)15-13-31(7)24(19(32)17-27)21(36)16-23-29(5)18-20(33-8)25(37)28(3,4)22(29)10-11-30(23,31)6;1-27(2)12-14-32(34-26(37)38-9)15-13-31(7)24(19(32)17-27)21(35)16-23-29(5)18-20(33-8)25(36)28(3,4)22(29)10-11-30(23,31)6/h17-18,21-23H,9-16H2,1-7H3,(H,37,40);18-19,22-24H,10-17H2,1-7,9H3,(H2,34,35,38);18-19,22-24H,10-17H2,1-7,9H3,(H,34,37)/t18-,21-,22+,23-,28-,29+,30+,31-;2*19-,22-,23+,24-,29-,30+,31+,32-/m000/s1. The lowest BCUT2D eigenvalue weighted by Gasteiger charge is -2.72. The fraction of sp³-hybridized carbons (Fsp3) is 0.812. The number of hydrogen-bond donors (Lipinski definition) is 4. The number of halogens is 3. The van der Waals surface area contributed by atoms with Crippen molar-refractivity contribution < 1.29 is 61.1 Å². The lowest BCUT2D eigenvalue weighted by atomic mass is 9.32. The van der Waals surface area contributed by atoms with Gasteiger partial charge in [-0.2, -0.15) is 13.2 Å². The van der Waals surface area contributed by atoms with Crippen LogP contribution >= 0.6 is 0 Å². The van der Waals surface area contributed by atoms with E-state index in [1.807, 2.05) is 59.8 Å². The molecule has 15 aliphatic carbocycles. The van der Waals surface area contributed by atoms with E-state index in [-0.39, 0.29) is 172 Å². The summed E-state index contributed by atoms with van der Waals surface area (Å²) in [4.78, 5) is 132. The summed E-state index contributed by atoms with van der Waals surface area (Å²) in [6.45, 7) is 69.1. The molecule has 0 unspecified atom stereocenters. The third-order valence-corrected chi connectivity index (χ3v) is 39.1. The van der Waals surface area contributed by atoms with E-state index >= 15 is 0 Å². The molecule has 0 aromatic rings. The number of alkyl halides is 3. The first-order valence-corrected chi connectivity index (χ1v) is 44.0. The number of nitrogens with zero attached hydrogens (tertiary/aromatic N) is 3. The molecule has 0 aromatic heterocycles. The van der Waals surface area contributed by atoms with E-state index in [1.54, 1.807) is 7.05 Å². The van der Waals surface area contributed by atoms with Crippen LogP contribution in [0, 0.1) is 172 Å². The number of carbonyl (C=O) groups excluding carboxylic acids is 9. The van der Waals surface area contributed by atoms with Crippen LogP contribution in [0.1, 0.15) is 299 Å². The van der Waals surface area contributed by atoms with Gasteiger partial charge in [-0.3, -0.25) is 19.2 Å². The highest BCUT2D eigenvalue weighted by Crippen LogP contribution is 2.80. The highest BCUT2D eigenvalue weighted by Gasteiger charge is 2.77. The first kappa shape index (κ1) is 87.3. The van der Waals surface area contributed by atoms with E-state index in [0.717, 1.165) is 103 Å². The molecule has 12 fully saturated rings. The summed E-state index contributed by atoms with van der Waals surface area (Å²) < 4.78 is 45.6. The minimum absolute atomic E-state index is 0.00797. The van der Waals surface area contributed by atoms with Crippen LogP contribution < -0.4 is 21.3 Å². The topological polar surface area (TPSA) is 224 Å². The first-order valence-electron chi connectivity index (χ1n) is 44.0. The Kier molecular flexibility index (Phi) is 20.5. The minimum atomic E-state index is -4.98. The molecule has 0 radical (unpaired) electrons. The maximum absolute atomic E-state index is 14.5. The van der Waals surface area contributed by atoms with Gasteiger partial charge in [0.2, 0.25) is 17.1 Å². The molecule has 116 heavy (non-hydrogen) atoms. The molecule has 636 valence electrons. The summed E-state index contributed by atoms with van der Waals surface area (Å²) in [6, 6.07) is -0.149. The smallest absolute Gasteiger partial charge is 0.453 e. The van der Waals surface area contributed by atoms with Gasteiger partial charge in [-0.05, 0) is 253 Å². The largest absolute Gasteiger partial charge is 0.471 e. The lowest BCUT2D eigenvalue weighted by Crippen LogP contribution is -2.72. The van der Waals surface area contributed by atoms with Gasteiger partial charge in [0.15, 0.2) is 17.3 Å². The number of carbonyl (C=O) groups is 9. The zero-order valence-corrected chi connectivity index (χ0v) is 74.2. The maximum Gasteiger partial charge on any atom is 0.471 e. The molecule has 15 aliphatic rings. The second-order valence-corrected chi connectivity index (χ2v) is 46.7. The van der Waals surface area contributed by atoms with Crippen LogP contribution in [-0.4, -0.2) is 89.7 Å². The van der Waals surface area contributed by atoms with Crippen molar-refractivity contribution in [1.29, 1.82) is 0 Å². The van der Waals surface area contributed by atoms with Crippen molar-refractivity contribution >= 4 is 52.7 Å². The van der Waals surface area contributed by atoms with Crippen LogP contribution in [0.4, 0.5) is 22.8 Å². The molecule has 15 rings (SSSR count). The van der Waals surface area contributed by atoms with Crippen molar-refractivity contribution in [2.75, 3.05) is 14.2 Å². The summed E-state index contributed by atoms with van der Waals surface area (Å²) >= 11 is 0. The van der Waals surface area contributed by atoms with Crippen LogP contribution in [0.15, 0.2) is 35.3 Å². The highest BCUT2D eigenvalue weighted by atomic mass is 19.4. The van der Waals surface area contributed by atoms with Gasteiger partial charge in [-0.15, -0.1) is 0 Å². The van der Waals surface area contributed by atoms with Crippen molar-refractivity contribution in [3.63, 3.8) is 0 Å². The van der Waals surface area contributed by atoms with Gasteiger partial charge in [0, 0.05) is 76.9 Å². The van der Waals surface area contributed by atoms with Crippen LogP contribution in [0.5, 0.6) is 0 Å². The molecular formula is C96H136F3N7O10. The Morgan fingerprint density at radius 1 is 0.388 bits per heavy atom. The molecule has 4 amide bonds. The summed E-state index contributed by atoms with van der Waals surface area (Å²) in [5.74, 6) is -2.05. The van der Waals surface area contributed by atoms with Crippen molar-refractivity contribution in [2.45, 2.75) is 322 Å². The fourth-order valence-corrected chi connectivity index (χ4v) is 32.3. The maximum atomic E-state index is 14.5. The Bertz CT molecular complexity index is 4270. The molecule has 0 bridgehead atoms. The van der Waals surface area contributed by atoms with Gasteiger partial charge in [0.05, 0.1) is 26.8 Å². The van der Waals surface area contributed by atoms with E-state index in [9.17, 15) is 56.3 Å². The SMILES string of the molecule is [C-]#[N+]C1=C[C@]2(C)[C@H]3CC(=O)[C@@H]4[C@@H]5CC(C)(C)CC[C@]5(NC(=O)C(F)(F)F)CC[C@@]4(C)[C@]3(C)CC[C@H]2C(C)(C)C1=O.[C-]#[N+]C1=C[C@]2(C)[C@H]3CC(=O)[C@@H]4[C@@H]5CC(C)(C)CC[C@]5(NC(=O)NC)CC[C@@]4(C)[C@]3(C)CC[C@H]2C(C)(C)C1=O.[C-]#[N+]C1=C[C@]2(C)[C@H]3CC(=O)[C@@H]4[C@@H]5CC(C)(C)CC[C@]5(NC(=O)OC)CC[C@@]4(C)[C@]3(C)CC[C@H]2C(C)(C)C1=O. The van der Waals surface area contributed by atoms with E-state index in [4.69, 9.17) is 24.5 Å². The van der Waals surface area contributed by atoms with Crippen molar-refractivity contribution in [3.8, 4) is 0 Å². The summed E-state index contributed by atoms with van der Waals surface area (Å²) in [7, 11) is 3.08. The van der Waals surface area contributed by atoms with Gasteiger partial charge < -0.3 is 40.4 Å². The third-order valence-electron chi connectivity index (χ3n) is 39.1. The Hall–Kier alpha value is -6.49. The molecule has 24 atom stereocenters. The molecule has 17 nitrogen and oxygen atoms in total. The number of ether oxygens (including phenoxy) is 1. The summed E-state index contributed by atoms with van der Waals surface area (Å²) in [5.41, 5.74) is -5.79. The zero-order chi connectivity index (χ0) is 86.1. The van der Waals surface area contributed by atoms with E-state index < -0.39 is 67.7 Å². The normalized spacial score (nSPS) is 46.4. The van der Waals surface area contributed by atoms with E-state index in [2.05, 4.69) is 140 Å². The number of hydrogen-bond acceptors (Lipinski definition) is 10. The minimum Gasteiger partial charge on any atom is -0.453 e. The highest BCUT2D eigenvalue weighted by molar-refractivity contribution is 6.04. The number of fused-ring (bicyclic) bond motifs is 21.